The van der Waals surface area contributed by atoms with Crippen molar-refractivity contribution in [1.29, 1.82) is 0 Å². The van der Waals surface area contributed by atoms with E-state index in [9.17, 15) is 9.90 Å². The molecule has 1 aromatic rings. The van der Waals surface area contributed by atoms with Crippen molar-refractivity contribution in [2.45, 2.75) is 65.4 Å². The van der Waals surface area contributed by atoms with E-state index in [0.29, 0.717) is 0 Å². The fourth-order valence-electron chi connectivity index (χ4n) is 2.37. The first-order valence-corrected chi connectivity index (χ1v) is 8.68. The molecule has 3 heteroatoms. The molecule has 0 saturated heterocycles. The summed E-state index contributed by atoms with van der Waals surface area (Å²) in [6, 6.07) is 5.91. The second kappa shape index (κ2) is 8.09. The number of hydrogen-bond donors (Lipinski definition) is 1. The van der Waals surface area contributed by atoms with Gasteiger partial charge in [0.1, 0.15) is 0 Å². The van der Waals surface area contributed by atoms with E-state index >= 15 is 0 Å². The van der Waals surface area contributed by atoms with Gasteiger partial charge in [-0.05, 0) is 43.7 Å². The van der Waals surface area contributed by atoms with Gasteiger partial charge in [0.2, 0.25) is 0 Å². The van der Waals surface area contributed by atoms with Gasteiger partial charge in [-0.3, -0.25) is 4.79 Å². The number of hydrogen-bond acceptors (Lipinski definition) is 2. The van der Waals surface area contributed by atoms with E-state index < -0.39 is 0 Å². The Bertz CT molecular complexity index is 471. The number of ketones is 1. The van der Waals surface area contributed by atoms with Crippen molar-refractivity contribution in [3.05, 3.63) is 33.8 Å². The number of aliphatic hydroxyl groups is 1. The highest BCUT2D eigenvalue weighted by Crippen LogP contribution is 2.33. The van der Waals surface area contributed by atoms with Crippen LogP contribution in [0.15, 0.2) is 22.7 Å². The Hall–Kier alpha value is -0.670. The molecular formula is C18H27BrO2. The van der Waals surface area contributed by atoms with Crippen LogP contribution >= 0.6 is 15.9 Å². The molecule has 0 bridgehead atoms. The zero-order valence-electron chi connectivity index (χ0n) is 13.6. The van der Waals surface area contributed by atoms with Crippen LogP contribution in [0.4, 0.5) is 0 Å². The Labute approximate surface area is 137 Å². The molecular weight excluding hydrogens is 328 g/mol. The number of carbonyl (C=O) groups excluding carboxylic acids is 1. The van der Waals surface area contributed by atoms with Crippen molar-refractivity contribution in [2.75, 3.05) is 0 Å². The van der Waals surface area contributed by atoms with E-state index in [1.165, 1.54) is 6.42 Å². The van der Waals surface area contributed by atoms with Crippen molar-refractivity contribution in [1.82, 2.24) is 0 Å². The minimum absolute atomic E-state index is 0.0546. The van der Waals surface area contributed by atoms with Gasteiger partial charge in [-0.15, -0.1) is 0 Å². The van der Waals surface area contributed by atoms with Gasteiger partial charge in [0.15, 0.2) is 5.78 Å². The molecule has 1 saturated carbocycles. The predicted molar refractivity (Wildman–Crippen MR) is 91.8 cm³/mol. The summed E-state index contributed by atoms with van der Waals surface area (Å²) in [5.41, 5.74) is 1.74. The third-order valence-electron chi connectivity index (χ3n) is 4.19. The van der Waals surface area contributed by atoms with Crippen LogP contribution in [0, 0.1) is 5.92 Å². The van der Waals surface area contributed by atoms with E-state index in [-0.39, 0.29) is 17.3 Å². The SMILES string of the molecule is CCC1(O)CCC1.CCc1cccc(Br)c1C(=O)C(C)C. The number of halogens is 1. The lowest BCUT2D eigenvalue weighted by Gasteiger charge is -2.35. The molecule has 0 unspecified atom stereocenters. The lowest BCUT2D eigenvalue weighted by Crippen LogP contribution is -2.35. The fraction of sp³-hybridized carbons (Fsp3) is 0.611. The van der Waals surface area contributed by atoms with Crippen LogP contribution in [0.5, 0.6) is 0 Å². The second-order valence-electron chi connectivity index (χ2n) is 6.08. The van der Waals surface area contributed by atoms with Crippen molar-refractivity contribution in [2.24, 2.45) is 5.92 Å². The lowest BCUT2D eigenvalue weighted by molar-refractivity contribution is -0.0359. The maximum atomic E-state index is 11.9. The molecule has 2 nitrogen and oxygen atoms in total. The van der Waals surface area contributed by atoms with Gasteiger partial charge in [0, 0.05) is 16.0 Å². The smallest absolute Gasteiger partial charge is 0.166 e. The molecule has 1 N–H and O–H groups in total. The highest BCUT2D eigenvalue weighted by Gasteiger charge is 2.31. The summed E-state index contributed by atoms with van der Waals surface area (Å²) in [5.74, 6) is 0.272. The molecule has 0 amide bonds. The first-order chi connectivity index (χ1) is 9.84. The van der Waals surface area contributed by atoms with Gasteiger partial charge in [-0.25, -0.2) is 0 Å². The molecule has 0 radical (unpaired) electrons. The van der Waals surface area contributed by atoms with E-state index in [0.717, 1.165) is 41.3 Å². The van der Waals surface area contributed by atoms with Crippen molar-refractivity contribution < 1.29 is 9.90 Å². The van der Waals surface area contributed by atoms with Crippen LogP contribution < -0.4 is 0 Å². The van der Waals surface area contributed by atoms with Crippen LogP contribution in [-0.4, -0.2) is 16.5 Å². The number of rotatable bonds is 4. The standard InChI is InChI=1S/C12H15BrO.C6H12O/c1-4-9-6-5-7-10(13)11(9)12(14)8(2)3;1-2-6(7)4-3-5-6/h5-8H,4H2,1-3H3;7H,2-5H2,1H3. The third-order valence-corrected chi connectivity index (χ3v) is 4.85. The Balaban J connectivity index is 0.000000262. The number of aryl methyl sites for hydroxylation is 1. The monoisotopic (exact) mass is 354 g/mol. The van der Waals surface area contributed by atoms with Crippen molar-refractivity contribution in [3.63, 3.8) is 0 Å². The summed E-state index contributed by atoms with van der Waals surface area (Å²) in [5, 5.41) is 9.22. The quantitative estimate of drug-likeness (QED) is 0.758. The highest BCUT2D eigenvalue weighted by molar-refractivity contribution is 9.10. The molecule has 0 heterocycles. The number of benzene rings is 1. The average molecular weight is 355 g/mol. The van der Waals surface area contributed by atoms with Crippen LogP contribution in [-0.2, 0) is 6.42 Å². The zero-order valence-corrected chi connectivity index (χ0v) is 15.2. The summed E-state index contributed by atoms with van der Waals surface area (Å²) >= 11 is 3.44. The molecule has 2 rings (SSSR count). The van der Waals surface area contributed by atoms with Gasteiger partial charge in [0.25, 0.3) is 0 Å². The number of carbonyl (C=O) groups is 1. The zero-order chi connectivity index (χ0) is 16.0. The summed E-state index contributed by atoms with van der Waals surface area (Å²) in [4.78, 5) is 11.9. The van der Waals surface area contributed by atoms with Crippen molar-refractivity contribution in [3.8, 4) is 0 Å². The maximum absolute atomic E-state index is 11.9. The highest BCUT2D eigenvalue weighted by atomic mass is 79.9. The van der Waals surface area contributed by atoms with Gasteiger partial charge in [-0.2, -0.15) is 0 Å². The normalized spacial score (nSPS) is 16.0. The van der Waals surface area contributed by atoms with Gasteiger partial charge in [0.05, 0.1) is 5.60 Å². The molecule has 1 fully saturated rings. The van der Waals surface area contributed by atoms with Gasteiger partial charge in [-0.1, -0.05) is 55.8 Å². The molecule has 1 aromatic carbocycles. The largest absolute Gasteiger partial charge is 0.390 e. The molecule has 0 atom stereocenters. The minimum atomic E-state index is -0.236. The number of Topliss-reactive ketones (excluding diaryl/α,β-unsaturated/α-hetero) is 1. The molecule has 1 aliphatic carbocycles. The van der Waals surface area contributed by atoms with E-state index in [4.69, 9.17) is 0 Å². The first kappa shape index (κ1) is 18.4. The molecule has 21 heavy (non-hydrogen) atoms. The summed E-state index contributed by atoms with van der Waals surface area (Å²) in [6.45, 7) is 7.97. The summed E-state index contributed by atoms with van der Waals surface area (Å²) in [6.07, 6.45) is 5.12. The van der Waals surface area contributed by atoms with Crippen LogP contribution in [0.2, 0.25) is 0 Å². The molecule has 0 aliphatic heterocycles. The molecule has 118 valence electrons. The maximum Gasteiger partial charge on any atom is 0.166 e. The summed E-state index contributed by atoms with van der Waals surface area (Å²) in [7, 11) is 0. The topological polar surface area (TPSA) is 37.3 Å². The van der Waals surface area contributed by atoms with E-state index in [1.807, 2.05) is 39.0 Å². The van der Waals surface area contributed by atoms with Crippen molar-refractivity contribution >= 4 is 21.7 Å². The minimum Gasteiger partial charge on any atom is -0.390 e. The lowest BCUT2D eigenvalue weighted by atomic mass is 9.78. The average Bonchev–Trinajstić information content (AvgIpc) is 2.44. The van der Waals surface area contributed by atoms with Crippen LogP contribution in [0.25, 0.3) is 0 Å². The fourth-order valence-corrected chi connectivity index (χ4v) is 2.97. The third kappa shape index (κ3) is 4.93. The second-order valence-corrected chi connectivity index (χ2v) is 6.93. The first-order valence-electron chi connectivity index (χ1n) is 7.88. The Morgan fingerprint density at radius 1 is 1.33 bits per heavy atom. The Morgan fingerprint density at radius 3 is 2.29 bits per heavy atom. The molecule has 0 aromatic heterocycles. The predicted octanol–water partition coefficient (Wildman–Crippen LogP) is 5.16. The Kier molecular flexibility index (Phi) is 7.08. The Morgan fingerprint density at radius 2 is 1.95 bits per heavy atom. The molecule has 1 aliphatic rings. The van der Waals surface area contributed by atoms with Gasteiger partial charge < -0.3 is 5.11 Å². The van der Waals surface area contributed by atoms with Gasteiger partial charge >= 0.3 is 0 Å². The van der Waals surface area contributed by atoms with E-state index in [2.05, 4.69) is 22.9 Å². The van der Waals surface area contributed by atoms with Crippen LogP contribution in [0.3, 0.4) is 0 Å². The molecule has 0 spiro atoms. The summed E-state index contributed by atoms with van der Waals surface area (Å²) < 4.78 is 0.913. The van der Waals surface area contributed by atoms with E-state index in [1.54, 1.807) is 0 Å². The van der Waals surface area contributed by atoms with Crippen LogP contribution in [0.1, 0.15) is 69.3 Å².